The highest BCUT2D eigenvalue weighted by atomic mass is 16.2. The highest BCUT2D eigenvalue weighted by Gasteiger charge is 2.14. The van der Waals surface area contributed by atoms with Crippen LogP contribution in [-0.4, -0.2) is 22.6 Å². The van der Waals surface area contributed by atoms with Crippen molar-refractivity contribution in [1.29, 1.82) is 0 Å². The van der Waals surface area contributed by atoms with E-state index in [0.29, 0.717) is 11.3 Å². The van der Waals surface area contributed by atoms with Crippen molar-refractivity contribution in [3.05, 3.63) is 88.7 Å². The second-order valence-electron chi connectivity index (χ2n) is 6.77. The number of Topliss-reactive ketones (excluding diaryl/α,β-unsaturated/α-hetero) is 1. The quantitative estimate of drug-likeness (QED) is 0.635. The number of pyridine rings is 1. The first-order valence-electron chi connectivity index (χ1n) is 9.10. The first-order chi connectivity index (χ1) is 13.8. The van der Waals surface area contributed by atoms with Crippen LogP contribution < -0.4 is 10.6 Å². The van der Waals surface area contributed by atoms with E-state index in [4.69, 9.17) is 0 Å². The predicted molar refractivity (Wildman–Crippen MR) is 113 cm³/mol. The molecule has 0 fully saturated rings. The fourth-order valence-electron chi connectivity index (χ4n) is 2.90. The van der Waals surface area contributed by atoms with Crippen molar-refractivity contribution in [3.8, 4) is 0 Å². The maximum absolute atomic E-state index is 12.7. The zero-order chi connectivity index (χ0) is 21.0. The van der Waals surface area contributed by atoms with E-state index < -0.39 is 5.91 Å². The molecule has 2 N–H and O–H groups in total. The van der Waals surface area contributed by atoms with Gasteiger partial charge in [-0.1, -0.05) is 30.3 Å². The summed E-state index contributed by atoms with van der Waals surface area (Å²) in [7, 11) is 0. The van der Waals surface area contributed by atoms with Crippen molar-refractivity contribution < 1.29 is 14.4 Å². The van der Waals surface area contributed by atoms with E-state index in [1.807, 2.05) is 32.0 Å². The van der Waals surface area contributed by atoms with Gasteiger partial charge >= 0.3 is 0 Å². The molecule has 0 saturated heterocycles. The van der Waals surface area contributed by atoms with Crippen LogP contribution >= 0.6 is 0 Å². The maximum atomic E-state index is 12.7. The minimum atomic E-state index is -0.417. The van der Waals surface area contributed by atoms with Crippen molar-refractivity contribution in [2.75, 3.05) is 10.6 Å². The lowest BCUT2D eigenvalue weighted by Gasteiger charge is -2.12. The molecule has 3 rings (SSSR count). The summed E-state index contributed by atoms with van der Waals surface area (Å²) in [6, 6.07) is 13.9. The van der Waals surface area contributed by atoms with Gasteiger partial charge < -0.3 is 10.6 Å². The number of carbonyl (C=O) groups is 3. The molecule has 0 bridgehead atoms. The monoisotopic (exact) mass is 387 g/mol. The lowest BCUT2D eigenvalue weighted by molar-refractivity contribution is 0.100. The number of hydrogen-bond donors (Lipinski definition) is 2. The molecule has 0 aliphatic heterocycles. The molecule has 0 atom stereocenters. The van der Waals surface area contributed by atoms with Crippen LogP contribution in [0.3, 0.4) is 0 Å². The number of anilines is 2. The zero-order valence-electron chi connectivity index (χ0n) is 16.4. The summed E-state index contributed by atoms with van der Waals surface area (Å²) in [6.45, 7) is 5.29. The van der Waals surface area contributed by atoms with Gasteiger partial charge in [-0.3, -0.25) is 19.4 Å². The SMILES string of the molecule is CC(=O)c1cccc(NC(=O)c2cncc(C(=O)Nc3c(C)cccc3C)c2)c1. The van der Waals surface area contributed by atoms with E-state index in [-0.39, 0.29) is 22.8 Å². The van der Waals surface area contributed by atoms with Crippen LogP contribution in [0.15, 0.2) is 60.9 Å². The highest BCUT2D eigenvalue weighted by molar-refractivity contribution is 6.09. The lowest BCUT2D eigenvalue weighted by Crippen LogP contribution is -2.17. The molecule has 0 radical (unpaired) electrons. The normalized spacial score (nSPS) is 10.3. The van der Waals surface area contributed by atoms with Crippen molar-refractivity contribution >= 4 is 29.0 Å². The first-order valence-corrected chi connectivity index (χ1v) is 9.10. The van der Waals surface area contributed by atoms with Gasteiger partial charge in [-0.05, 0) is 50.1 Å². The second-order valence-corrected chi connectivity index (χ2v) is 6.77. The molecular formula is C23H21N3O3. The highest BCUT2D eigenvalue weighted by Crippen LogP contribution is 2.20. The molecule has 0 unspecified atom stereocenters. The number of amides is 2. The van der Waals surface area contributed by atoms with Gasteiger partial charge in [0.1, 0.15) is 0 Å². The van der Waals surface area contributed by atoms with E-state index in [2.05, 4.69) is 15.6 Å². The van der Waals surface area contributed by atoms with Crippen LogP contribution in [0.4, 0.5) is 11.4 Å². The molecule has 2 aromatic carbocycles. The molecule has 2 amide bonds. The number of ketones is 1. The Balaban J connectivity index is 1.78. The third-order valence-corrected chi connectivity index (χ3v) is 4.51. The van der Waals surface area contributed by atoms with E-state index in [0.717, 1.165) is 16.8 Å². The molecule has 3 aromatic rings. The smallest absolute Gasteiger partial charge is 0.257 e. The Bertz CT molecular complexity index is 1090. The topological polar surface area (TPSA) is 88.2 Å². The third kappa shape index (κ3) is 4.73. The molecule has 0 saturated carbocycles. The summed E-state index contributed by atoms with van der Waals surface area (Å²) in [5.74, 6) is -0.851. The van der Waals surface area contributed by atoms with E-state index in [1.54, 1.807) is 24.3 Å². The number of carbonyl (C=O) groups excluding carboxylic acids is 3. The van der Waals surface area contributed by atoms with Gasteiger partial charge in [-0.25, -0.2) is 0 Å². The average Bonchev–Trinajstić information content (AvgIpc) is 2.71. The Kier molecular flexibility index (Phi) is 5.83. The van der Waals surface area contributed by atoms with E-state index in [1.165, 1.54) is 25.4 Å². The molecule has 0 aliphatic rings. The molecule has 29 heavy (non-hydrogen) atoms. The van der Waals surface area contributed by atoms with Crippen molar-refractivity contribution in [2.24, 2.45) is 0 Å². The number of nitrogens with one attached hydrogen (secondary N) is 2. The fourth-order valence-corrected chi connectivity index (χ4v) is 2.90. The molecule has 1 heterocycles. The van der Waals surface area contributed by atoms with Crippen LogP contribution in [-0.2, 0) is 0 Å². The van der Waals surface area contributed by atoms with E-state index in [9.17, 15) is 14.4 Å². The van der Waals surface area contributed by atoms with Gasteiger partial charge in [-0.2, -0.15) is 0 Å². The number of aryl methyl sites for hydroxylation is 2. The first kappa shape index (κ1) is 19.9. The largest absolute Gasteiger partial charge is 0.322 e. The van der Waals surface area contributed by atoms with Crippen LogP contribution in [0.2, 0.25) is 0 Å². The van der Waals surface area contributed by atoms with Gasteiger partial charge in [0.15, 0.2) is 5.78 Å². The Morgan fingerprint density at radius 1 is 0.759 bits per heavy atom. The summed E-state index contributed by atoms with van der Waals surface area (Å²) >= 11 is 0. The van der Waals surface area contributed by atoms with Crippen LogP contribution in [0.5, 0.6) is 0 Å². The van der Waals surface area contributed by atoms with Crippen molar-refractivity contribution in [1.82, 2.24) is 4.98 Å². The van der Waals surface area contributed by atoms with Gasteiger partial charge in [0.25, 0.3) is 11.8 Å². The number of rotatable bonds is 5. The molecule has 0 spiro atoms. The summed E-state index contributed by atoms with van der Waals surface area (Å²) in [4.78, 5) is 40.7. The number of hydrogen-bond acceptors (Lipinski definition) is 4. The number of nitrogens with zero attached hydrogens (tertiary/aromatic N) is 1. The van der Waals surface area contributed by atoms with Gasteiger partial charge in [-0.15, -0.1) is 0 Å². The summed E-state index contributed by atoms with van der Waals surface area (Å²) in [6.07, 6.45) is 2.80. The predicted octanol–water partition coefficient (Wildman–Crippen LogP) is 4.41. The van der Waals surface area contributed by atoms with Crippen LogP contribution in [0.25, 0.3) is 0 Å². The van der Waals surface area contributed by atoms with Crippen molar-refractivity contribution in [2.45, 2.75) is 20.8 Å². The lowest BCUT2D eigenvalue weighted by atomic mass is 10.1. The van der Waals surface area contributed by atoms with Gasteiger partial charge in [0.05, 0.1) is 11.1 Å². The molecule has 146 valence electrons. The molecule has 0 aliphatic carbocycles. The Hall–Kier alpha value is -3.80. The Labute approximate surface area is 169 Å². The minimum Gasteiger partial charge on any atom is -0.322 e. The average molecular weight is 387 g/mol. The maximum Gasteiger partial charge on any atom is 0.257 e. The summed E-state index contributed by atoms with van der Waals surface area (Å²) in [5.41, 5.74) is 4.16. The summed E-state index contributed by atoms with van der Waals surface area (Å²) in [5, 5.41) is 5.61. The standard InChI is InChI=1S/C23H21N3O3/c1-14-6-4-7-15(2)21(14)26-23(29)19-10-18(12-24-13-19)22(28)25-20-9-5-8-17(11-20)16(3)27/h4-13H,1-3H3,(H,25,28)(H,26,29). The number of para-hydroxylation sites is 1. The fraction of sp³-hybridized carbons (Fsp3) is 0.130. The summed E-state index contributed by atoms with van der Waals surface area (Å²) < 4.78 is 0. The molecule has 6 heteroatoms. The molecular weight excluding hydrogens is 366 g/mol. The second kappa shape index (κ2) is 8.48. The van der Waals surface area contributed by atoms with Gasteiger partial charge in [0.2, 0.25) is 0 Å². The van der Waals surface area contributed by atoms with E-state index >= 15 is 0 Å². The number of benzene rings is 2. The Morgan fingerprint density at radius 3 is 1.97 bits per heavy atom. The van der Waals surface area contributed by atoms with Crippen molar-refractivity contribution in [3.63, 3.8) is 0 Å². The Morgan fingerprint density at radius 2 is 1.34 bits per heavy atom. The minimum absolute atomic E-state index is 0.0899. The van der Waals surface area contributed by atoms with Gasteiger partial charge in [0, 0.05) is 29.3 Å². The van der Waals surface area contributed by atoms with Crippen LogP contribution in [0, 0.1) is 13.8 Å². The number of aromatic nitrogens is 1. The molecule has 1 aromatic heterocycles. The zero-order valence-corrected chi connectivity index (χ0v) is 16.4. The molecule has 6 nitrogen and oxygen atoms in total. The third-order valence-electron chi connectivity index (χ3n) is 4.51. The van der Waals surface area contributed by atoms with Crippen LogP contribution in [0.1, 0.15) is 49.1 Å².